The summed E-state index contributed by atoms with van der Waals surface area (Å²) in [5.74, 6) is 0. The molecule has 9 aromatic carbocycles. The van der Waals surface area contributed by atoms with Crippen molar-refractivity contribution in [2.75, 3.05) is 0 Å². The first-order valence-electron chi connectivity index (χ1n) is 19.5. The molecule has 0 aliphatic heterocycles. The van der Waals surface area contributed by atoms with E-state index in [9.17, 15) is 0 Å². The van der Waals surface area contributed by atoms with E-state index in [0.717, 1.165) is 5.69 Å². The predicted molar refractivity (Wildman–Crippen MR) is 244 cm³/mol. The number of fused-ring (bicyclic) bond motifs is 9. The van der Waals surface area contributed by atoms with Gasteiger partial charge in [-0.15, -0.1) is 11.3 Å². The van der Waals surface area contributed by atoms with Crippen LogP contribution in [0.3, 0.4) is 0 Å². The Bertz CT molecular complexity index is 3490. The number of benzene rings is 9. The van der Waals surface area contributed by atoms with Gasteiger partial charge in [-0.05, 0) is 100 Å². The van der Waals surface area contributed by atoms with E-state index >= 15 is 0 Å². The summed E-state index contributed by atoms with van der Waals surface area (Å²) in [6.45, 7) is 0. The molecule has 12 rings (SSSR count). The number of aromatic nitrogens is 2. The van der Waals surface area contributed by atoms with Crippen molar-refractivity contribution in [1.29, 1.82) is 0 Å². The van der Waals surface area contributed by atoms with Gasteiger partial charge >= 0.3 is 0 Å². The van der Waals surface area contributed by atoms with E-state index in [1.54, 1.807) is 0 Å². The lowest BCUT2D eigenvalue weighted by Gasteiger charge is -2.11. The molecule has 0 N–H and O–H groups in total. The van der Waals surface area contributed by atoms with Crippen LogP contribution in [0.1, 0.15) is 0 Å². The molecule has 0 saturated carbocycles. The van der Waals surface area contributed by atoms with Crippen LogP contribution in [0, 0.1) is 0 Å². The fourth-order valence-electron chi connectivity index (χ4n) is 9.08. The number of para-hydroxylation sites is 1. The van der Waals surface area contributed by atoms with E-state index in [1.165, 1.54) is 103 Å². The number of hydrogen-bond acceptors (Lipinski definition) is 1. The maximum atomic E-state index is 2.47. The van der Waals surface area contributed by atoms with Gasteiger partial charge < -0.3 is 9.13 Å². The molecule has 0 radical (unpaired) electrons. The van der Waals surface area contributed by atoms with Gasteiger partial charge in [0, 0.05) is 47.4 Å². The van der Waals surface area contributed by atoms with Gasteiger partial charge in [0.15, 0.2) is 0 Å². The first kappa shape index (κ1) is 32.1. The largest absolute Gasteiger partial charge is 0.309 e. The van der Waals surface area contributed by atoms with Gasteiger partial charge in [0.25, 0.3) is 0 Å². The van der Waals surface area contributed by atoms with Gasteiger partial charge in [0.05, 0.1) is 27.8 Å². The average Bonchev–Trinajstić information content (AvgIpc) is 3.94. The molecule has 0 amide bonds. The highest BCUT2D eigenvalue weighted by atomic mass is 32.1. The monoisotopic (exact) mass is 742 g/mol. The Morgan fingerprint density at radius 2 is 0.789 bits per heavy atom. The van der Waals surface area contributed by atoms with E-state index in [4.69, 9.17) is 0 Å². The molecule has 3 heteroatoms. The third kappa shape index (κ3) is 5.03. The summed E-state index contributed by atoms with van der Waals surface area (Å²) in [7, 11) is 0. The zero-order valence-corrected chi connectivity index (χ0v) is 31.7. The van der Waals surface area contributed by atoms with Gasteiger partial charge in [0.1, 0.15) is 0 Å². The smallest absolute Gasteiger partial charge is 0.0555 e. The van der Waals surface area contributed by atoms with Crippen LogP contribution in [-0.4, -0.2) is 9.13 Å². The molecular formula is C54H34N2S. The summed E-state index contributed by atoms with van der Waals surface area (Å²) >= 11 is 1.87. The molecule has 0 fully saturated rings. The van der Waals surface area contributed by atoms with Gasteiger partial charge in [-0.3, -0.25) is 0 Å². The molecule has 0 bridgehead atoms. The highest BCUT2D eigenvalue weighted by Crippen LogP contribution is 2.43. The maximum absolute atomic E-state index is 2.47. The fraction of sp³-hybridized carbons (Fsp3) is 0. The van der Waals surface area contributed by atoms with Crippen molar-refractivity contribution >= 4 is 75.1 Å². The summed E-state index contributed by atoms with van der Waals surface area (Å²) < 4.78 is 7.54. The first-order chi connectivity index (χ1) is 28.3. The van der Waals surface area contributed by atoms with Gasteiger partial charge in [-0.2, -0.15) is 0 Å². The second kappa shape index (κ2) is 12.7. The molecule has 0 atom stereocenters. The fourth-order valence-corrected chi connectivity index (χ4v) is 10.2. The highest BCUT2D eigenvalue weighted by Gasteiger charge is 2.19. The first-order valence-corrected chi connectivity index (χ1v) is 20.3. The topological polar surface area (TPSA) is 9.86 Å². The van der Waals surface area contributed by atoms with Crippen molar-refractivity contribution in [3.63, 3.8) is 0 Å². The lowest BCUT2D eigenvalue weighted by molar-refractivity contribution is 1.18. The SMILES string of the molecule is c1ccc(-c2ccc(-n3c4ccc(-c5ccc6c(c5)c5ccccc5n6-c5cccc6sc7ccccc7c56)cc4c4ccc(-c5ccccc5)cc43)cc2)cc1. The zero-order valence-electron chi connectivity index (χ0n) is 30.9. The van der Waals surface area contributed by atoms with Gasteiger partial charge in [0.2, 0.25) is 0 Å². The van der Waals surface area contributed by atoms with E-state index in [-0.39, 0.29) is 0 Å². The number of hydrogen-bond donors (Lipinski definition) is 0. The van der Waals surface area contributed by atoms with Crippen LogP contribution in [0.4, 0.5) is 0 Å². The van der Waals surface area contributed by atoms with Crippen LogP contribution in [0.25, 0.3) is 109 Å². The number of rotatable bonds is 5. The van der Waals surface area contributed by atoms with E-state index < -0.39 is 0 Å². The third-order valence-electron chi connectivity index (χ3n) is 11.7. The summed E-state index contributed by atoms with van der Waals surface area (Å²) in [4.78, 5) is 0. The minimum atomic E-state index is 1.15. The Hall–Kier alpha value is -7.20. The second-order valence-electron chi connectivity index (χ2n) is 14.9. The Morgan fingerprint density at radius 3 is 1.53 bits per heavy atom. The molecule has 0 aliphatic rings. The van der Waals surface area contributed by atoms with Crippen molar-refractivity contribution < 1.29 is 0 Å². The van der Waals surface area contributed by atoms with Crippen molar-refractivity contribution in [2.24, 2.45) is 0 Å². The molecule has 3 heterocycles. The lowest BCUT2D eigenvalue weighted by Crippen LogP contribution is -1.94. The minimum absolute atomic E-state index is 1.15. The van der Waals surface area contributed by atoms with Crippen LogP contribution in [-0.2, 0) is 0 Å². The van der Waals surface area contributed by atoms with Crippen molar-refractivity contribution in [3.05, 3.63) is 206 Å². The Labute approximate surface area is 333 Å². The normalized spacial score (nSPS) is 11.9. The Balaban J connectivity index is 1.04. The molecule has 266 valence electrons. The van der Waals surface area contributed by atoms with Crippen molar-refractivity contribution in [3.8, 4) is 44.8 Å². The van der Waals surface area contributed by atoms with Crippen LogP contribution < -0.4 is 0 Å². The summed E-state index contributed by atoms with van der Waals surface area (Å²) in [6.07, 6.45) is 0. The van der Waals surface area contributed by atoms with Crippen LogP contribution in [0.5, 0.6) is 0 Å². The van der Waals surface area contributed by atoms with Gasteiger partial charge in [-0.1, -0.05) is 140 Å². The average molecular weight is 743 g/mol. The summed E-state index contributed by atoms with van der Waals surface area (Å²) in [5.41, 5.74) is 14.5. The van der Waals surface area contributed by atoms with Crippen LogP contribution >= 0.6 is 11.3 Å². The molecule has 0 aliphatic carbocycles. The summed E-state index contributed by atoms with van der Waals surface area (Å²) in [5, 5.41) is 7.63. The van der Waals surface area contributed by atoms with E-state index in [2.05, 4.69) is 215 Å². The molecule has 2 nitrogen and oxygen atoms in total. The molecule has 0 unspecified atom stereocenters. The van der Waals surface area contributed by atoms with Gasteiger partial charge in [-0.25, -0.2) is 0 Å². The van der Waals surface area contributed by atoms with E-state index in [1.807, 2.05) is 11.3 Å². The lowest BCUT2D eigenvalue weighted by atomic mass is 9.99. The minimum Gasteiger partial charge on any atom is -0.309 e. The predicted octanol–water partition coefficient (Wildman–Crippen LogP) is 15.2. The number of nitrogens with zero attached hydrogens (tertiary/aromatic N) is 2. The molecule has 12 aromatic rings. The highest BCUT2D eigenvalue weighted by molar-refractivity contribution is 7.25. The van der Waals surface area contributed by atoms with E-state index in [0.29, 0.717) is 0 Å². The molecule has 0 saturated heterocycles. The van der Waals surface area contributed by atoms with Crippen LogP contribution in [0.2, 0.25) is 0 Å². The maximum Gasteiger partial charge on any atom is 0.0555 e. The second-order valence-corrected chi connectivity index (χ2v) is 16.0. The molecular weight excluding hydrogens is 709 g/mol. The Morgan fingerprint density at radius 1 is 0.281 bits per heavy atom. The standard InChI is InChI=1S/C54H34N2S/c1-3-12-35(13-4-1)37-22-27-41(28-23-37)55-48-30-25-38(33-46(48)43-29-24-40(34-51(43)55)36-14-5-2-6-15-36)39-26-31-49-45(32-39)42-16-7-9-18-47(42)56(49)50-19-11-21-53-54(50)44-17-8-10-20-52(44)57-53/h1-34H. The third-order valence-corrected chi connectivity index (χ3v) is 12.9. The Kier molecular flexibility index (Phi) is 7.13. The number of thiophene rings is 1. The molecule has 3 aromatic heterocycles. The molecule has 0 spiro atoms. The van der Waals surface area contributed by atoms with Crippen LogP contribution in [0.15, 0.2) is 206 Å². The quantitative estimate of drug-likeness (QED) is 0.166. The van der Waals surface area contributed by atoms with Crippen molar-refractivity contribution in [1.82, 2.24) is 9.13 Å². The molecule has 57 heavy (non-hydrogen) atoms. The zero-order chi connectivity index (χ0) is 37.5. The van der Waals surface area contributed by atoms with Crippen molar-refractivity contribution in [2.45, 2.75) is 0 Å². The summed E-state index contributed by atoms with van der Waals surface area (Å²) in [6, 6.07) is 75.7.